The smallest absolute Gasteiger partial charge is 0.326 e. The van der Waals surface area contributed by atoms with Crippen LogP contribution in [0.15, 0.2) is 0 Å². The van der Waals surface area contributed by atoms with Gasteiger partial charge in [0.1, 0.15) is 0 Å². The van der Waals surface area contributed by atoms with Crippen LogP contribution in [0.4, 0.5) is 0 Å². The molecule has 0 saturated carbocycles. The average Bonchev–Trinajstić information content (AvgIpc) is 2.93. The number of quaternary nitrogens is 1. The molecule has 6 heteroatoms. The summed E-state index contributed by atoms with van der Waals surface area (Å²) in [4.78, 5) is 10.2. The molecule has 5 nitrogen and oxygen atoms in total. The molecule has 1 unspecified atom stereocenters. The summed E-state index contributed by atoms with van der Waals surface area (Å²) in [6, 6.07) is 0. The molecule has 1 rings (SSSR count). The van der Waals surface area contributed by atoms with Crippen LogP contribution in [0.3, 0.4) is 0 Å². The van der Waals surface area contributed by atoms with Crippen LogP contribution in [-0.4, -0.2) is 48.8 Å². The predicted octanol–water partition coefficient (Wildman–Crippen LogP) is 11.1. The molecule has 240 valence electrons. The maximum absolute atomic E-state index is 12.5. The van der Waals surface area contributed by atoms with E-state index >= 15 is 0 Å². The zero-order chi connectivity index (χ0) is 29.2. The van der Waals surface area contributed by atoms with E-state index in [2.05, 4.69) is 20.9 Å². The summed E-state index contributed by atoms with van der Waals surface area (Å²) in [5.74, 6) is 0. The second-order valence-corrected chi connectivity index (χ2v) is 14.6. The number of rotatable bonds is 29. The van der Waals surface area contributed by atoms with Gasteiger partial charge < -0.3 is 9.38 Å². The van der Waals surface area contributed by atoms with E-state index in [1.807, 2.05) is 0 Å². The predicted molar refractivity (Wildman–Crippen MR) is 173 cm³/mol. The lowest BCUT2D eigenvalue weighted by Crippen LogP contribution is -2.51. The molecular formula is C34H71NO4P+. The van der Waals surface area contributed by atoms with Crippen molar-refractivity contribution in [2.45, 2.75) is 187 Å². The van der Waals surface area contributed by atoms with Gasteiger partial charge in [-0.1, -0.05) is 149 Å². The summed E-state index contributed by atoms with van der Waals surface area (Å²) in [5.41, 5.74) is 0. The molecule has 1 aliphatic heterocycles. The van der Waals surface area contributed by atoms with Crippen molar-refractivity contribution in [2.24, 2.45) is 0 Å². The first-order chi connectivity index (χ1) is 19.4. The minimum Gasteiger partial charge on any atom is -0.326 e. The van der Waals surface area contributed by atoms with Gasteiger partial charge in [0.05, 0.1) is 39.4 Å². The van der Waals surface area contributed by atoms with Crippen LogP contribution in [0, 0.1) is 0 Å². The van der Waals surface area contributed by atoms with Gasteiger partial charge >= 0.3 is 7.82 Å². The Morgan fingerprint density at radius 3 is 1.35 bits per heavy atom. The van der Waals surface area contributed by atoms with Crippen molar-refractivity contribution >= 4 is 7.82 Å². The van der Waals surface area contributed by atoms with E-state index in [-0.39, 0.29) is 6.10 Å². The molecular weight excluding hydrogens is 517 g/mol. The normalized spacial score (nSPS) is 21.1. The summed E-state index contributed by atoms with van der Waals surface area (Å²) < 4.78 is 24.4. The molecule has 0 bridgehead atoms. The maximum atomic E-state index is 12.5. The van der Waals surface area contributed by atoms with E-state index in [0.29, 0.717) is 6.61 Å². The van der Waals surface area contributed by atoms with Gasteiger partial charge in [0, 0.05) is 12.8 Å². The SMILES string of the molecule is CCCCCCCCCCCCCCCCOP(=O)(O)OC1CC[N+](C)(CCCCCCCCCCCC)CC1. The minimum absolute atomic E-state index is 0.147. The summed E-state index contributed by atoms with van der Waals surface area (Å²) in [7, 11) is -1.60. The zero-order valence-corrected chi connectivity index (χ0v) is 28.3. The second-order valence-electron chi connectivity index (χ2n) is 13.2. The number of hydrogen-bond donors (Lipinski definition) is 1. The summed E-state index contributed by atoms with van der Waals surface area (Å²) in [6.45, 7) is 8.15. The fourth-order valence-corrected chi connectivity index (χ4v) is 7.18. The Morgan fingerprint density at radius 1 is 0.600 bits per heavy atom. The zero-order valence-electron chi connectivity index (χ0n) is 27.4. The third kappa shape index (κ3) is 22.6. The van der Waals surface area contributed by atoms with Crippen LogP contribution in [0.1, 0.15) is 181 Å². The van der Waals surface area contributed by atoms with Gasteiger partial charge in [-0.05, 0) is 19.3 Å². The van der Waals surface area contributed by atoms with Crippen LogP contribution < -0.4 is 0 Å². The molecule has 1 N–H and O–H groups in total. The number of unbranched alkanes of at least 4 members (excludes halogenated alkanes) is 22. The van der Waals surface area contributed by atoms with E-state index in [4.69, 9.17) is 9.05 Å². The quantitative estimate of drug-likeness (QED) is 0.0536. The molecule has 0 spiro atoms. The van der Waals surface area contributed by atoms with Gasteiger partial charge in [-0.15, -0.1) is 0 Å². The monoisotopic (exact) mass is 589 g/mol. The van der Waals surface area contributed by atoms with Crippen molar-refractivity contribution in [1.82, 2.24) is 0 Å². The van der Waals surface area contributed by atoms with Gasteiger partial charge in [0.2, 0.25) is 0 Å². The number of hydrogen-bond acceptors (Lipinski definition) is 3. The van der Waals surface area contributed by atoms with Crippen LogP contribution in [-0.2, 0) is 13.6 Å². The molecule has 1 atom stereocenters. The Labute approximate surface area is 250 Å². The van der Waals surface area contributed by atoms with Gasteiger partial charge in [-0.3, -0.25) is 9.05 Å². The highest BCUT2D eigenvalue weighted by Gasteiger charge is 2.34. The average molecular weight is 589 g/mol. The number of phosphoric ester groups is 1. The van der Waals surface area contributed by atoms with Crippen molar-refractivity contribution in [2.75, 3.05) is 33.3 Å². The molecule has 1 fully saturated rings. The molecule has 1 saturated heterocycles. The molecule has 1 heterocycles. The van der Waals surface area contributed by atoms with Gasteiger partial charge in [-0.2, -0.15) is 0 Å². The molecule has 0 aliphatic carbocycles. The third-order valence-electron chi connectivity index (χ3n) is 9.07. The van der Waals surface area contributed by atoms with Crippen LogP contribution in [0.5, 0.6) is 0 Å². The molecule has 0 amide bonds. The maximum Gasteiger partial charge on any atom is 0.472 e. The lowest BCUT2D eigenvalue weighted by Gasteiger charge is -2.40. The Kier molecular flexibility index (Phi) is 24.3. The first kappa shape index (κ1) is 38.1. The van der Waals surface area contributed by atoms with Crippen molar-refractivity contribution in [1.29, 1.82) is 0 Å². The van der Waals surface area contributed by atoms with Gasteiger partial charge in [0.15, 0.2) is 0 Å². The minimum atomic E-state index is -3.94. The van der Waals surface area contributed by atoms with Crippen LogP contribution in [0.2, 0.25) is 0 Å². The van der Waals surface area contributed by atoms with E-state index in [9.17, 15) is 9.46 Å². The molecule has 0 aromatic carbocycles. The highest BCUT2D eigenvalue weighted by molar-refractivity contribution is 7.47. The van der Waals surface area contributed by atoms with Gasteiger partial charge in [0.25, 0.3) is 0 Å². The third-order valence-corrected chi connectivity index (χ3v) is 10.1. The van der Waals surface area contributed by atoms with Gasteiger partial charge in [-0.25, -0.2) is 4.57 Å². The van der Waals surface area contributed by atoms with Crippen molar-refractivity contribution in [3.8, 4) is 0 Å². The summed E-state index contributed by atoms with van der Waals surface area (Å²) >= 11 is 0. The van der Waals surface area contributed by atoms with E-state index < -0.39 is 7.82 Å². The Bertz CT molecular complexity index is 594. The van der Waals surface area contributed by atoms with E-state index in [1.165, 1.54) is 148 Å². The van der Waals surface area contributed by atoms with E-state index in [0.717, 1.165) is 43.3 Å². The lowest BCUT2D eigenvalue weighted by atomic mass is 10.0. The second kappa shape index (κ2) is 25.6. The van der Waals surface area contributed by atoms with Crippen molar-refractivity contribution in [3.63, 3.8) is 0 Å². The fourth-order valence-electron chi connectivity index (χ4n) is 6.17. The number of piperidine rings is 1. The Hall–Kier alpha value is 0.0700. The highest BCUT2D eigenvalue weighted by Crippen LogP contribution is 2.46. The largest absolute Gasteiger partial charge is 0.472 e. The number of nitrogens with zero attached hydrogens (tertiary/aromatic N) is 1. The first-order valence-corrected chi connectivity index (χ1v) is 19.4. The number of likely N-dealkylation sites (tertiary alicyclic amines) is 1. The number of phosphoric acid groups is 1. The summed E-state index contributed by atoms with van der Waals surface area (Å²) in [5, 5.41) is 0. The van der Waals surface area contributed by atoms with Crippen LogP contribution >= 0.6 is 7.82 Å². The van der Waals surface area contributed by atoms with Crippen molar-refractivity contribution in [3.05, 3.63) is 0 Å². The van der Waals surface area contributed by atoms with Crippen molar-refractivity contribution < 1.29 is 23.0 Å². The lowest BCUT2D eigenvalue weighted by molar-refractivity contribution is -0.915. The van der Waals surface area contributed by atoms with E-state index in [1.54, 1.807) is 0 Å². The summed E-state index contributed by atoms with van der Waals surface area (Å²) in [6.07, 6.45) is 33.5. The molecule has 40 heavy (non-hydrogen) atoms. The Balaban J connectivity index is 1.95. The highest BCUT2D eigenvalue weighted by atomic mass is 31.2. The standard InChI is InChI=1S/C34H70NO4P/c1-4-6-8-10-12-14-16-17-18-19-21-23-25-27-33-38-40(36,37)39-34-28-31-35(3,32-29-34)30-26-24-22-20-15-13-11-9-7-5-2/h34H,4-33H2,1-3H3/p+1. The first-order valence-electron chi connectivity index (χ1n) is 17.9. The topological polar surface area (TPSA) is 55.8 Å². The molecule has 1 aliphatic rings. The molecule has 0 aromatic heterocycles. The molecule has 0 radical (unpaired) electrons. The molecule has 0 aromatic rings. The Morgan fingerprint density at radius 2 is 0.950 bits per heavy atom. The van der Waals surface area contributed by atoms with Crippen LogP contribution in [0.25, 0.3) is 0 Å². The fraction of sp³-hybridized carbons (Fsp3) is 1.00.